The molecule has 1 aliphatic heterocycles. The molecule has 1 fully saturated rings. The van der Waals surface area contributed by atoms with Crippen molar-refractivity contribution >= 4 is 5.91 Å². The van der Waals surface area contributed by atoms with Gasteiger partial charge in [-0.05, 0) is 51.8 Å². The molecule has 1 heterocycles. The van der Waals surface area contributed by atoms with Crippen LogP contribution in [0.1, 0.15) is 39.5 Å². The monoisotopic (exact) mass is 320 g/mol. The highest BCUT2D eigenvalue weighted by Gasteiger charge is 2.19. The fraction of sp³-hybridized carbons (Fsp3) is 0.611. The molecular formula is C18H28N2O3. The van der Waals surface area contributed by atoms with Crippen LogP contribution >= 0.6 is 0 Å². The minimum Gasteiger partial charge on any atom is -0.490 e. The number of carbonyl (C=O) groups is 1. The Balaban J connectivity index is 1.66. The van der Waals surface area contributed by atoms with Gasteiger partial charge in [0.15, 0.2) is 11.5 Å². The lowest BCUT2D eigenvalue weighted by molar-refractivity contribution is -0.122. The quantitative estimate of drug-likeness (QED) is 0.723. The van der Waals surface area contributed by atoms with Crippen molar-refractivity contribution in [3.05, 3.63) is 24.3 Å². The van der Waals surface area contributed by atoms with E-state index in [0.29, 0.717) is 38.1 Å². The number of ether oxygens (including phenoxy) is 2. The van der Waals surface area contributed by atoms with Gasteiger partial charge < -0.3 is 20.1 Å². The summed E-state index contributed by atoms with van der Waals surface area (Å²) in [6.45, 7) is 6.20. The molecule has 1 amide bonds. The van der Waals surface area contributed by atoms with Crippen LogP contribution in [-0.4, -0.2) is 37.7 Å². The number of rotatable bonds is 8. The van der Waals surface area contributed by atoms with E-state index < -0.39 is 0 Å². The van der Waals surface area contributed by atoms with Crippen LogP contribution in [-0.2, 0) is 4.79 Å². The Kier molecular flexibility index (Phi) is 7.20. The van der Waals surface area contributed by atoms with Crippen molar-refractivity contribution in [3.63, 3.8) is 0 Å². The zero-order valence-corrected chi connectivity index (χ0v) is 14.1. The summed E-state index contributed by atoms with van der Waals surface area (Å²) < 4.78 is 11.2. The molecule has 2 rings (SSSR count). The summed E-state index contributed by atoms with van der Waals surface area (Å²) >= 11 is 0. The van der Waals surface area contributed by atoms with Crippen LogP contribution in [0.4, 0.5) is 0 Å². The summed E-state index contributed by atoms with van der Waals surface area (Å²) in [5.74, 6) is 1.61. The van der Waals surface area contributed by atoms with E-state index in [0.717, 1.165) is 30.9 Å². The highest BCUT2D eigenvalue weighted by atomic mass is 16.5. The Bertz CT molecular complexity index is 493. The van der Waals surface area contributed by atoms with Crippen molar-refractivity contribution in [1.29, 1.82) is 0 Å². The molecular weight excluding hydrogens is 292 g/mol. The van der Waals surface area contributed by atoms with Gasteiger partial charge in [0.1, 0.15) is 0 Å². The van der Waals surface area contributed by atoms with Crippen LogP contribution in [0.25, 0.3) is 0 Å². The van der Waals surface area contributed by atoms with Crippen LogP contribution in [0.2, 0.25) is 0 Å². The van der Waals surface area contributed by atoms with E-state index >= 15 is 0 Å². The lowest BCUT2D eigenvalue weighted by atomic mass is 10.0. The van der Waals surface area contributed by atoms with Crippen molar-refractivity contribution < 1.29 is 14.3 Å². The predicted octanol–water partition coefficient (Wildman–Crippen LogP) is 2.50. The first-order chi connectivity index (χ1) is 11.2. The Hall–Kier alpha value is -1.75. The number of hydrogen-bond acceptors (Lipinski definition) is 4. The summed E-state index contributed by atoms with van der Waals surface area (Å²) in [7, 11) is 0. The van der Waals surface area contributed by atoms with Gasteiger partial charge in [-0.1, -0.05) is 12.1 Å². The molecule has 0 bridgehead atoms. The van der Waals surface area contributed by atoms with Crippen molar-refractivity contribution in [2.45, 2.75) is 51.6 Å². The van der Waals surface area contributed by atoms with Crippen molar-refractivity contribution in [2.24, 2.45) is 0 Å². The number of hydrogen-bond donors (Lipinski definition) is 2. The molecule has 0 aromatic heterocycles. The Morgan fingerprint density at radius 2 is 2.04 bits per heavy atom. The number of para-hydroxylation sites is 2. The second kappa shape index (κ2) is 9.40. The molecule has 0 spiro atoms. The largest absolute Gasteiger partial charge is 0.490 e. The first-order valence-corrected chi connectivity index (χ1v) is 8.56. The third kappa shape index (κ3) is 6.10. The van der Waals surface area contributed by atoms with Crippen LogP contribution in [0.5, 0.6) is 11.5 Å². The molecule has 0 aliphatic carbocycles. The molecule has 23 heavy (non-hydrogen) atoms. The molecule has 2 atom stereocenters. The first-order valence-electron chi connectivity index (χ1n) is 8.56. The number of benzene rings is 1. The topological polar surface area (TPSA) is 59.6 Å². The van der Waals surface area contributed by atoms with Gasteiger partial charge in [0.25, 0.3) is 0 Å². The van der Waals surface area contributed by atoms with E-state index in [1.807, 2.05) is 31.2 Å². The maximum atomic E-state index is 12.0. The van der Waals surface area contributed by atoms with Crippen LogP contribution < -0.4 is 20.1 Å². The Labute approximate surface area is 138 Å². The highest BCUT2D eigenvalue weighted by Crippen LogP contribution is 2.26. The van der Waals surface area contributed by atoms with Gasteiger partial charge >= 0.3 is 0 Å². The number of amides is 1. The molecule has 2 unspecified atom stereocenters. The van der Waals surface area contributed by atoms with Crippen molar-refractivity contribution in [2.75, 3.05) is 19.8 Å². The average molecular weight is 320 g/mol. The molecule has 1 saturated heterocycles. The van der Waals surface area contributed by atoms with E-state index in [2.05, 4.69) is 17.6 Å². The van der Waals surface area contributed by atoms with E-state index in [1.54, 1.807) is 0 Å². The van der Waals surface area contributed by atoms with Gasteiger partial charge in [-0.2, -0.15) is 0 Å². The minimum atomic E-state index is 0.116. The minimum absolute atomic E-state index is 0.116. The highest BCUT2D eigenvalue weighted by molar-refractivity contribution is 5.76. The smallest absolute Gasteiger partial charge is 0.220 e. The molecule has 0 radical (unpaired) electrons. The van der Waals surface area contributed by atoms with E-state index in [4.69, 9.17) is 9.47 Å². The molecule has 128 valence electrons. The van der Waals surface area contributed by atoms with Gasteiger partial charge in [-0.15, -0.1) is 0 Å². The van der Waals surface area contributed by atoms with Gasteiger partial charge in [-0.3, -0.25) is 4.79 Å². The van der Waals surface area contributed by atoms with Crippen molar-refractivity contribution in [3.8, 4) is 11.5 Å². The molecule has 2 N–H and O–H groups in total. The van der Waals surface area contributed by atoms with Crippen molar-refractivity contribution in [1.82, 2.24) is 10.6 Å². The maximum absolute atomic E-state index is 12.0. The zero-order valence-electron chi connectivity index (χ0n) is 14.1. The third-order valence-corrected chi connectivity index (χ3v) is 3.94. The van der Waals surface area contributed by atoms with Crippen LogP contribution in [0, 0.1) is 0 Å². The third-order valence-electron chi connectivity index (χ3n) is 3.94. The molecule has 0 saturated carbocycles. The number of nitrogens with one attached hydrogen (secondary N) is 2. The first kappa shape index (κ1) is 17.6. The summed E-state index contributed by atoms with van der Waals surface area (Å²) in [5, 5.41) is 6.51. The normalized spacial score (nSPS) is 20.8. The second-order valence-corrected chi connectivity index (χ2v) is 5.98. The van der Waals surface area contributed by atoms with Gasteiger partial charge in [0.2, 0.25) is 5.91 Å². The number of piperidine rings is 1. The molecule has 5 nitrogen and oxygen atoms in total. The Morgan fingerprint density at radius 1 is 1.30 bits per heavy atom. The lowest BCUT2D eigenvalue weighted by Gasteiger charge is -2.28. The SMILES string of the molecule is CCOc1ccccc1OCCCC(=O)NC1CCNC(C)C1. The van der Waals surface area contributed by atoms with Gasteiger partial charge in [0, 0.05) is 18.5 Å². The molecule has 1 aromatic carbocycles. The fourth-order valence-corrected chi connectivity index (χ4v) is 2.82. The van der Waals surface area contributed by atoms with Gasteiger partial charge in [0.05, 0.1) is 13.2 Å². The standard InChI is InChI=1S/C18H28N2O3/c1-3-22-16-7-4-5-8-17(16)23-12-6-9-18(21)20-15-10-11-19-14(2)13-15/h4-5,7-8,14-15,19H,3,6,9-13H2,1-2H3,(H,20,21). The van der Waals surface area contributed by atoms with Gasteiger partial charge in [-0.25, -0.2) is 0 Å². The summed E-state index contributed by atoms with van der Waals surface area (Å²) in [6, 6.07) is 8.41. The van der Waals surface area contributed by atoms with E-state index in [-0.39, 0.29) is 5.91 Å². The van der Waals surface area contributed by atoms with E-state index in [1.165, 1.54) is 0 Å². The molecule has 1 aromatic rings. The average Bonchev–Trinajstić information content (AvgIpc) is 2.53. The molecule has 1 aliphatic rings. The maximum Gasteiger partial charge on any atom is 0.220 e. The Morgan fingerprint density at radius 3 is 2.74 bits per heavy atom. The molecule has 5 heteroatoms. The fourth-order valence-electron chi connectivity index (χ4n) is 2.82. The number of carbonyl (C=O) groups excluding carboxylic acids is 1. The summed E-state index contributed by atoms with van der Waals surface area (Å²) in [4.78, 5) is 12.0. The zero-order chi connectivity index (χ0) is 16.5. The second-order valence-electron chi connectivity index (χ2n) is 5.98. The summed E-state index contributed by atoms with van der Waals surface area (Å²) in [6.07, 6.45) is 3.21. The van der Waals surface area contributed by atoms with E-state index in [9.17, 15) is 4.79 Å². The predicted molar refractivity (Wildman–Crippen MR) is 91.0 cm³/mol. The lowest BCUT2D eigenvalue weighted by Crippen LogP contribution is -2.46. The summed E-state index contributed by atoms with van der Waals surface area (Å²) in [5.41, 5.74) is 0. The van der Waals surface area contributed by atoms with Crippen LogP contribution in [0.3, 0.4) is 0 Å². The van der Waals surface area contributed by atoms with Crippen LogP contribution in [0.15, 0.2) is 24.3 Å².